The summed E-state index contributed by atoms with van der Waals surface area (Å²) in [7, 11) is -2.52. The first-order chi connectivity index (χ1) is 9.83. The lowest BCUT2D eigenvalue weighted by atomic mass is 10.2. The van der Waals surface area contributed by atoms with Crippen LogP contribution in [0.3, 0.4) is 0 Å². The molecule has 0 radical (unpaired) electrons. The van der Waals surface area contributed by atoms with E-state index in [1.54, 1.807) is 13.0 Å². The van der Waals surface area contributed by atoms with Crippen LogP contribution >= 0.6 is 0 Å². The van der Waals surface area contributed by atoms with Crippen molar-refractivity contribution in [1.29, 1.82) is 0 Å². The quantitative estimate of drug-likeness (QED) is 0.850. The van der Waals surface area contributed by atoms with Gasteiger partial charge in [0.05, 0.1) is 7.11 Å². The SMILES string of the molecule is COc1ccc(N)cc1S(=O)(=O)Nc1ccc(F)c(C)c1. The second-order valence-electron chi connectivity index (χ2n) is 4.48. The summed E-state index contributed by atoms with van der Waals surface area (Å²) in [6.07, 6.45) is 0. The molecule has 0 fully saturated rings. The Bertz CT molecular complexity index is 776. The van der Waals surface area contributed by atoms with Crippen molar-refractivity contribution in [1.82, 2.24) is 0 Å². The number of nitrogens with two attached hydrogens (primary N) is 1. The molecule has 21 heavy (non-hydrogen) atoms. The fourth-order valence-corrected chi connectivity index (χ4v) is 3.08. The number of aryl methyl sites for hydroxylation is 1. The molecular weight excluding hydrogens is 295 g/mol. The number of rotatable bonds is 4. The molecule has 0 aliphatic carbocycles. The van der Waals surface area contributed by atoms with Gasteiger partial charge in [-0.3, -0.25) is 4.72 Å². The van der Waals surface area contributed by atoms with Crippen molar-refractivity contribution < 1.29 is 17.5 Å². The summed E-state index contributed by atoms with van der Waals surface area (Å²) in [5.41, 5.74) is 6.52. The smallest absolute Gasteiger partial charge is 0.265 e. The first kappa shape index (κ1) is 15.1. The second-order valence-corrected chi connectivity index (χ2v) is 6.13. The Labute approximate surface area is 122 Å². The highest BCUT2D eigenvalue weighted by Crippen LogP contribution is 2.28. The number of hydrogen-bond acceptors (Lipinski definition) is 4. The Kier molecular flexibility index (Phi) is 4.04. The van der Waals surface area contributed by atoms with Gasteiger partial charge in [0.25, 0.3) is 10.0 Å². The number of nitrogens with one attached hydrogen (secondary N) is 1. The van der Waals surface area contributed by atoms with Crippen molar-refractivity contribution in [2.24, 2.45) is 0 Å². The Hall–Kier alpha value is -2.28. The first-order valence-corrected chi connectivity index (χ1v) is 7.54. The van der Waals surface area contributed by atoms with E-state index in [2.05, 4.69) is 4.72 Å². The van der Waals surface area contributed by atoms with Gasteiger partial charge in [0.15, 0.2) is 0 Å². The molecule has 0 unspecified atom stereocenters. The molecule has 2 aromatic carbocycles. The Morgan fingerprint density at radius 1 is 1.19 bits per heavy atom. The third-order valence-electron chi connectivity index (χ3n) is 2.89. The van der Waals surface area contributed by atoms with Gasteiger partial charge in [-0.15, -0.1) is 0 Å². The fourth-order valence-electron chi connectivity index (χ4n) is 1.82. The molecule has 5 nitrogen and oxygen atoms in total. The molecule has 0 aliphatic heterocycles. The van der Waals surface area contributed by atoms with Gasteiger partial charge in [0.1, 0.15) is 16.5 Å². The van der Waals surface area contributed by atoms with Crippen LogP contribution in [0.25, 0.3) is 0 Å². The van der Waals surface area contributed by atoms with Gasteiger partial charge in [-0.25, -0.2) is 12.8 Å². The lowest BCUT2D eigenvalue weighted by Gasteiger charge is -2.12. The van der Waals surface area contributed by atoms with E-state index in [0.29, 0.717) is 11.3 Å². The zero-order chi connectivity index (χ0) is 15.6. The molecule has 0 spiro atoms. The van der Waals surface area contributed by atoms with E-state index in [1.807, 2.05) is 0 Å². The molecule has 0 bridgehead atoms. The minimum atomic E-state index is -3.89. The number of hydrogen-bond donors (Lipinski definition) is 2. The summed E-state index contributed by atoms with van der Waals surface area (Å²) in [5, 5.41) is 0. The minimum Gasteiger partial charge on any atom is -0.495 e. The minimum absolute atomic E-state index is 0.0769. The van der Waals surface area contributed by atoms with Crippen LogP contribution in [0.15, 0.2) is 41.3 Å². The van der Waals surface area contributed by atoms with Crippen LogP contribution in [0.4, 0.5) is 15.8 Å². The number of nitrogen functional groups attached to an aromatic ring is 1. The molecule has 0 amide bonds. The lowest BCUT2D eigenvalue weighted by molar-refractivity contribution is 0.403. The average molecular weight is 310 g/mol. The van der Waals surface area contributed by atoms with E-state index in [-0.39, 0.29) is 16.3 Å². The van der Waals surface area contributed by atoms with E-state index in [9.17, 15) is 12.8 Å². The number of anilines is 2. The maximum Gasteiger partial charge on any atom is 0.265 e. The van der Waals surface area contributed by atoms with Crippen LogP contribution in [-0.2, 0) is 10.0 Å². The monoisotopic (exact) mass is 310 g/mol. The standard InChI is InChI=1S/C14H15FN2O3S/c1-9-7-11(4-5-12(9)15)17-21(18,19)14-8-10(16)3-6-13(14)20-2/h3-8,17H,16H2,1-2H3. The molecule has 0 saturated carbocycles. The largest absolute Gasteiger partial charge is 0.495 e. The summed E-state index contributed by atoms with van der Waals surface area (Å²) in [5.74, 6) is -0.227. The van der Waals surface area contributed by atoms with Crippen LogP contribution in [0, 0.1) is 12.7 Å². The predicted octanol–water partition coefficient (Wildman–Crippen LogP) is 2.53. The highest BCUT2D eigenvalue weighted by atomic mass is 32.2. The first-order valence-electron chi connectivity index (χ1n) is 6.06. The zero-order valence-electron chi connectivity index (χ0n) is 11.6. The lowest BCUT2D eigenvalue weighted by Crippen LogP contribution is -2.14. The van der Waals surface area contributed by atoms with E-state index in [4.69, 9.17) is 10.5 Å². The van der Waals surface area contributed by atoms with Crippen molar-refractivity contribution in [3.8, 4) is 5.75 Å². The van der Waals surface area contributed by atoms with Crippen molar-refractivity contribution in [3.05, 3.63) is 47.8 Å². The van der Waals surface area contributed by atoms with Gasteiger partial charge in [-0.2, -0.15) is 0 Å². The summed E-state index contributed by atoms with van der Waals surface area (Å²) in [4.78, 5) is -0.0769. The Morgan fingerprint density at radius 3 is 2.52 bits per heavy atom. The topological polar surface area (TPSA) is 81.4 Å². The van der Waals surface area contributed by atoms with Gasteiger partial charge in [-0.05, 0) is 48.9 Å². The average Bonchev–Trinajstić information content (AvgIpc) is 2.42. The fraction of sp³-hybridized carbons (Fsp3) is 0.143. The van der Waals surface area contributed by atoms with E-state index in [0.717, 1.165) is 0 Å². The van der Waals surface area contributed by atoms with Crippen LogP contribution in [0.2, 0.25) is 0 Å². The third-order valence-corrected chi connectivity index (χ3v) is 4.29. The maximum absolute atomic E-state index is 13.2. The highest BCUT2D eigenvalue weighted by Gasteiger charge is 2.20. The molecule has 0 atom stereocenters. The molecule has 7 heteroatoms. The van der Waals surface area contributed by atoms with Gasteiger partial charge in [-0.1, -0.05) is 0 Å². The van der Waals surface area contributed by atoms with Gasteiger partial charge in [0, 0.05) is 11.4 Å². The molecule has 0 aromatic heterocycles. The maximum atomic E-state index is 13.2. The molecule has 0 heterocycles. The van der Waals surface area contributed by atoms with Crippen molar-refractivity contribution in [2.45, 2.75) is 11.8 Å². The van der Waals surface area contributed by atoms with Gasteiger partial charge in [0.2, 0.25) is 0 Å². The molecule has 0 aliphatic rings. The third kappa shape index (κ3) is 3.25. The van der Waals surface area contributed by atoms with Crippen LogP contribution in [-0.4, -0.2) is 15.5 Å². The highest BCUT2D eigenvalue weighted by molar-refractivity contribution is 7.92. The van der Waals surface area contributed by atoms with Gasteiger partial charge < -0.3 is 10.5 Å². The van der Waals surface area contributed by atoms with Crippen LogP contribution in [0.5, 0.6) is 5.75 Å². The summed E-state index contributed by atoms with van der Waals surface area (Å²) in [6, 6.07) is 8.27. The molecular formula is C14H15FN2O3S. The predicted molar refractivity (Wildman–Crippen MR) is 79.4 cm³/mol. The number of methoxy groups -OCH3 is 1. The Balaban J connectivity index is 2.42. The molecule has 3 N–H and O–H groups in total. The summed E-state index contributed by atoms with van der Waals surface area (Å²) >= 11 is 0. The normalized spacial score (nSPS) is 11.2. The summed E-state index contributed by atoms with van der Waals surface area (Å²) in [6.45, 7) is 1.55. The second kappa shape index (κ2) is 5.61. The van der Waals surface area contributed by atoms with Crippen LogP contribution in [0.1, 0.15) is 5.56 Å². The van der Waals surface area contributed by atoms with E-state index < -0.39 is 15.8 Å². The Morgan fingerprint density at radius 2 is 1.90 bits per heavy atom. The zero-order valence-corrected chi connectivity index (χ0v) is 12.4. The van der Waals surface area contributed by atoms with E-state index >= 15 is 0 Å². The molecule has 112 valence electrons. The van der Waals surface area contributed by atoms with Crippen molar-refractivity contribution in [3.63, 3.8) is 0 Å². The number of sulfonamides is 1. The molecule has 2 rings (SSSR count). The number of benzene rings is 2. The molecule has 2 aromatic rings. The summed E-state index contributed by atoms with van der Waals surface area (Å²) < 4.78 is 45.4. The van der Waals surface area contributed by atoms with E-state index in [1.165, 1.54) is 37.4 Å². The molecule has 0 saturated heterocycles. The number of ether oxygens (including phenoxy) is 1. The van der Waals surface area contributed by atoms with Gasteiger partial charge >= 0.3 is 0 Å². The van der Waals surface area contributed by atoms with Crippen LogP contribution < -0.4 is 15.2 Å². The van der Waals surface area contributed by atoms with Crippen molar-refractivity contribution in [2.75, 3.05) is 17.6 Å². The van der Waals surface area contributed by atoms with Crippen molar-refractivity contribution >= 4 is 21.4 Å². The number of halogens is 1.